The van der Waals surface area contributed by atoms with Crippen molar-refractivity contribution in [3.8, 4) is 0 Å². The van der Waals surface area contributed by atoms with E-state index >= 15 is 0 Å². The first-order valence-corrected chi connectivity index (χ1v) is 5.07. The van der Waals surface area contributed by atoms with Gasteiger partial charge in [0.15, 0.2) is 0 Å². The molecule has 1 rings (SSSR count). The Hall–Kier alpha value is -0.520. The zero-order chi connectivity index (χ0) is 9.35. The fraction of sp³-hybridized carbons (Fsp3) is 0.143. The van der Waals surface area contributed by atoms with Crippen molar-refractivity contribution >= 4 is 22.7 Å². The van der Waals surface area contributed by atoms with Crippen LogP contribution in [0, 0.1) is 6.92 Å². The molecule has 0 aliphatic carbocycles. The van der Waals surface area contributed by atoms with Crippen LogP contribution in [0.15, 0.2) is 28.0 Å². The van der Waals surface area contributed by atoms with Crippen molar-refractivity contribution in [1.82, 2.24) is 0 Å². The monoisotopic (exact) mass is 204 g/mol. The molecule has 0 saturated heterocycles. The maximum atomic E-state index is 10.7. The molecule has 1 aromatic carbocycles. The van der Waals surface area contributed by atoms with E-state index in [9.17, 15) is 8.42 Å². The highest BCUT2D eigenvalue weighted by Gasteiger charge is 2.12. The van der Waals surface area contributed by atoms with Gasteiger partial charge in [-0.1, -0.05) is 6.07 Å². The van der Waals surface area contributed by atoms with Gasteiger partial charge in [0.1, 0.15) is 4.90 Å². The Bertz CT molecular complexity index is 395. The summed E-state index contributed by atoms with van der Waals surface area (Å²) >= 11 is 3.90. The minimum absolute atomic E-state index is 0.147. The van der Waals surface area contributed by atoms with Crippen LogP contribution in [0.25, 0.3) is 0 Å². The van der Waals surface area contributed by atoms with E-state index in [0.29, 0.717) is 0 Å². The first kappa shape index (κ1) is 9.57. The molecule has 0 aromatic heterocycles. The van der Waals surface area contributed by atoms with Crippen molar-refractivity contribution in [3.05, 3.63) is 23.8 Å². The van der Waals surface area contributed by atoms with Gasteiger partial charge in [0, 0.05) is 4.90 Å². The molecule has 1 aromatic rings. The highest BCUT2D eigenvalue weighted by molar-refractivity contribution is 7.87. The van der Waals surface area contributed by atoms with E-state index in [1.165, 1.54) is 12.1 Å². The van der Waals surface area contributed by atoms with Gasteiger partial charge in [-0.3, -0.25) is 4.55 Å². The van der Waals surface area contributed by atoms with Gasteiger partial charge in [-0.15, -0.1) is 12.6 Å². The first-order valence-electron chi connectivity index (χ1n) is 3.18. The number of aryl methyl sites for hydroxylation is 1. The van der Waals surface area contributed by atoms with Crippen LogP contribution in [0.1, 0.15) is 5.56 Å². The van der Waals surface area contributed by atoms with E-state index in [0.717, 1.165) is 5.56 Å². The van der Waals surface area contributed by atoms with E-state index in [1.54, 1.807) is 13.0 Å². The summed E-state index contributed by atoms with van der Waals surface area (Å²) in [6.07, 6.45) is 0. The van der Waals surface area contributed by atoms with E-state index in [2.05, 4.69) is 12.6 Å². The second-order valence-electron chi connectivity index (χ2n) is 2.45. The summed E-state index contributed by atoms with van der Waals surface area (Å²) in [6.45, 7) is 1.74. The molecule has 0 aliphatic heterocycles. The van der Waals surface area contributed by atoms with Crippen molar-refractivity contribution in [2.45, 2.75) is 16.7 Å². The van der Waals surface area contributed by atoms with Gasteiger partial charge in [-0.05, 0) is 24.6 Å². The molecule has 0 heterocycles. The summed E-state index contributed by atoms with van der Waals surface area (Å²) in [6, 6.07) is 4.62. The number of benzene rings is 1. The van der Waals surface area contributed by atoms with Crippen molar-refractivity contribution in [1.29, 1.82) is 0 Å². The molecular formula is C7H8O3S2. The normalized spacial score (nSPS) is 11.6. The molecule has 0 spiro atoms. The third kappa shape index (κ3) is 2.00. The fourth-order valence-electron chi connectivity index (χ4n) is 0.828. The van der Waals surface area contributed by atoms with Gasteiger partial charge >= 0.3 is 0 Å². The highest BCUT2D eigenvalue weighted by atomic mass is 32.2. The summed E-state index contributed by atoms with van der Waals surface area (Å²) in [7, 11) is -4.13. The Labute approximate surface area is 76.6 Å². The van der Waals surface area contributed by atoms with Crippen LogP contribution >= 0.6 is 12.6 Å². The number of thiol groups is 1. The van der Waals surface area contributed by atoms with E-state index in [4.69, 9.17) is 4.55 Å². The van der Waals surface area contributed by atoms with Gasteiger partial charge in [0.25, 0.3) is 10.1 Å². The third-order valence-electron chi connectivity index (χ3n) is 1.39. The zero-order valence-corrected chi connectivity index (χ0v) is 8.06. The standard InChI is InChI=1S/C7H8O3S2/c1-5-2-3-6(11)7(4-5)12(8,9)10/h2-4,11H,1H3,(H,8,9,10). The van der Waals surface area contributed by atoms with E-state index in [1.807, 2.05) is 0 Å². The Morgan fingerprint density at radius 3 is 2.42 bits per heavy atom. The Kier molecular flexibility index (Phi) is 2.46. The van der Waals surface area contributed by atoms with Gasteiger partial charge in [0.2, 0.25) is 0 Å². The molecule has 0 atom stereocenters. The smallest absolute Gasteiger partial charge is 0.282 e. The number of rotatable bonds is 1. The van der Waals surface area contributed by atoms with Crippen LogP contribution in [-0.4, -0.2) is 13.0 Å². The topological polar surface area (TPSA) is 54.4 Å². The molecule has 0 radical (unpaired) electrons. The molecule has 0 aliphatic rings. The molecule has 1 N–H and O–H groups in total. The quantitative estimate of drug-likeness (QED) is 0.539. The van der Waals surface area contributed by atoms with Crippen LogP contribution in [0.3, 0.4) is 0 Å². The lowest BCUT2D eigenvalue weighted by Gasteiger charge is -2.01. The summed E-state index contributed by atoms with van der Waals surface area (Å²) in [5, 5.41) is 0. The van der Waals surface area contributed by atoms with Crippen LogP contribution in [0.4, 0.5) is 0 Å². The summed E-state index contributed by atoms with van der Waals surface area (Å²) in [5.74, 6) is 0. The van der Waals surface area contributed by atoms with Gasteiger partial charge in [-0.25, -0.2) is 0 Å². The lowest BCUT2D eigenvalue weighted by molar-refractivity contribution is 0.481. The second-order valence-corrected chi connectivity index (χ2v) is 4.32. The molecule has 0 fully saturated rings. The molecule has 12 heavy (non-hydrogen) atoms. The van der Waals surface area contributed by atoms with Crippen molar-refractivity contribution in [2.75, 3.05) is 0 Å². The lowest BCUT2D eigenvalue weighted by atomic mass is 10.2. The summed E-state index contributed by atoms with van der Waals surface area (Å²) < 4.78 is 30.1. The van der Waals surface area contributed by atoms with Gasteiger partial charge < -0.3 is 0 Å². The Balaban J connectivity index is 3.43. The minimum Gasteiger partial charge on any atom is -0.282 e. The molecule has 0 amide bonds. The average molecular weight is 204 g/mol. The molecule has 3 nitrogen and oxygen atoms in total. The Morgan fingerprint density at radius 1 is 1.42 bits per heavy atom. The third-order valence-corrected chi connectivity index (χ3v) is 2.83. The predicted molar refractivity (Wildman–Crippen MR) is 48.2 cm³/mol. The molecular weight excluding hydrogens is 196 g/mol. The molecule has 66 valence electrons. The minimum atomic E-state index is -4.13. The number of hydrogen-bond acceptors (Lipinski definition) is 3. The first-order chi connectivity index (χ1) is 5.41. The SMILES string of the molecule is Cc1ccc(S)c(S(=O)(=O)O)c1. The highest BCUT2D eigenvalue weighted by Crippen LogP contribution is 2.20. The fourth-order valence-corrected chi connectivity index (χ4v) is 1.98. The van der Waals surface area contributed by atoms with E-state index in [-0.39, 0.29) is 9.79 Å². The molecule has 5 heteroatoms. The van der Waals surface area contributed by atoms with Crippen LogP contribution in [-0.2, 0) is 10.1 Å². The van der Waals surface area contributed by atoms with E-state index < -0.39 is 10.1 Å². The second kappa shape index (κ2) is 3.08. The zero-order valence-electron chi connectivity index (χ0n) is 6.35. The van der Waals surface area contributed by atoms with Crippen LogP contribution in [0.5, 0.6) is 0 Å². The van der Waals surface area contributed by atoms with Crippen LogP contribution < -0.4 is 0 Å². The maximum absolute atomic E-state index is 10.7. The Morgan fingerprint density at radius 2 is 2.00 bits per heavy atom. The lowest BCUT2D eigenvalue weighted by Crippen LogP contribution is -1.99. The summed E-state index contributed by atoms with van der Waals surface area (Å²) in [5.41, 5.74) is 0.764. The number of hydrogen-bond donors (Lipinski definition) is 2. The predicted octanol–water partition coefficient (Wildman–Crippen LogP) is 1.53. The van der Waals surface area contributed by atoms with Crippen molar-refractivity contribution in [3.63, 3.8) is 0 Å². The maximum Gasteiger partial charge on any atom is 0.295 e. The van der Waals surface area contributed by atoms with Crippen LogP contribution in [0.2, 0.25) is 0 Å². The molecule has 0 unspecified atom stereocenters. The van der Waals surface area contributed by atoms with Crippen molar-refractivity contribution < 1.29 is 13.0 Å². The van der Waals surface area contributed by atoms with Crippen molar-refractivity contribution in [2.24, 2.45) is 0 Å². The molecule has 0 saturated carbocycles. The largest absolute Gasteiger partial charge is 0.295 e. The average Bonchev–Trinajstić information content (AvgIpc) is 1.92. The molecule has 0 bridgehead atoms. The van der Waals surface area contributed by atoms with Gasteiger partial charge in [-0.2, -0.15) is 8.42 Å². The van der Waals surface area contributed by atoms with Gasteiger partial charge in [0.05, 0.1) is 0 Å². The summed E-state index contributed by atoms with van der Waals surface area (Å²) in [4.78, 5) is 0.105.